The molecule has 176 valence electrons. The van der Waals surface area contributed by atoms with E-state index in [9.17, 15) is 9.59 Å². The van der Waals surface area contributed by atoms with Gasteiger partial charge >= 0.3 is 5.69 Å². The fourth-order valence-corrected chi connectivity index (χ4v) is 7.97. The van der Waals surface area contributed by atoms with E-state index < -0.39 is 0 Å². The lowest BCUT2D eigenvalue weighted by atomic mass is 9.49. The third-order valence-electron chi connectivity index (χ3n) is 8.86. The van der Waals surface area contributed by atoms with E-state index in [0.717, 1.165) is 45.9 Å². The van der Waals surface area contributed by atoms with Gasteiger partial charge in [-0.3, -0.25) is 18.3 Å². The van der Waals surface area contributed by atoms with Crippen LogP contribution in [0.1, 0.15) is 38.5 Å². The Morgan fingerprint density at radius 3 is 2.21 bits per heavy atom. The number of fused-ring (bicyclic) bond motifs is 3. The molecule has 4 fully saturated rings. The van der Waals surface area contributed by atoms with Crippen molar-refractivity contribution in [2.24, 2.45) is 37.3 Å². The molecule has 3 heterocycles. The van der Waals surface area contributed by atoms with E-state index in [1.165, 1.54) is 50.1 Å². The first-order chi connectivity index (χ1) is 16.3. The molecule has 0 N–H and O–H groups in total. The minimum Gasteiger partial charge on any atom is -0.309 e. The van der Waals surface area contributed by atoms with Gasteiger partial charge in [0.05, 0.1) is 5.69 Å². The SMILES string of the molecule is Cn1c(=O)c2c(nc3n(CC45CC6CC(CC(C6)C4)C5)c(-c4ccc(Cl)cc4)cn23)n(C)c1=O. The van der Waals surface area contributed by atoms with Crippen molar-refractivity contribution in [3.05, 3.63) is 56.3 Å². The van der Waals surface area contributed by atoms with Gasteiger partial charge in [0.2, 0.25) is 5.78 Å². The first-order valence-corrected chi connectivity index (χ1v) is 12.6. The summed E-state index contributed by atoms with van der Waals surface area (Å²) in [6.07, 6.45) is 10.1. The predicted octanol–water partition coefficient (Wildman–Crippen LogP) is 4.22. The quantitative estimate of drug-likeness (QED) is 0.443. The molecule has 8 rings (SSSR count). The van der Waals surface area contributed by atoms with Crippen LogP contribution in [0, 0.1) is 23.2 Å². The van der Waals surface area contributed by atoms with Crippen LogP contribution in [0.4, 0.5) is 0 Å². The molecular weight excluding hydrogens is 450 g/mol. The molecule has 4 aromatic rings. The fraction of sp³-hybridized carbons (Fsp3) is 0.500. The molecule has 0 spiro atoms. The summed E-state index contributed by atoms with van der Waals surface area (Å²) in [5.41, 5.74) is 2.57. The lowest BCUT2D eigenvalue weighted by Gasteiger charge is -2.57. The van der Waals surface area contributed by atoms with E-state index in [1.807, 2.05) is 34.9 Å². The van der Waals surface area contributed by atoms with Crippen molar-refractivity contribution in [1.29, 1.82) is 0 Å². The number of aryl methyl sites for hydroxylation is 1. The van der Waals surface area contributed by atoms with Crippen LogP contribution in [0.25, 0.3) is 28.2 Å². The van der Waals surface area contributed by atoms with Crippen molar-refractivity contribution in [2.45, 2.75) is 45.1 Å². The predicted molar refractivity (Wildman–Crippen MR) is 132 cm³/mol. The minimum atomic E-state index is -0.358. The molecule has 0 unspecified atom stereocenters. The topological polar surface area (TPSA) is 66.2 Å². The Morgan fingerprint density at radius 1 is 0.971 bits per heavy atom. The van der Waals surface area contributed by atoms with Crippen LogP contribution in [0.5, 0.6) is 0 Å². The molecule has 7 nitrogen and oxygen atoms in total. The largest absolute Gasteiger partial charge is 0.332 e. The molecule has 0 aliphatic heterocycles. The lowest BCUT2D eigenvalue weighted by Crippen LogP contribution is -2.48. The van der Waals surface area contributed by atoms with Crippen LogP contribution in [-0.4, -0.2) is 23.1 Å². The van der Waals surface area contributed by atoms with E-state index in [1.54, 1.807) is 7.05 Å². The van der Waals surface area contributed by atoms with Crippen LogP contribution in [0.15, 0.2) is 40.1 Å². The Hall–Kier alpha value is -2.80. The highest BCUT2D eigenvalue weighted by Crippen LogP contribution is 2.60. The standard InChI is InChI=1S/C26H28ClN5O2/c1-29-22-21(23(33)30(2)25(29)34)31-13-20(18-3-5-19(27)6-4-18)32(24(31)28-22)14-26-10-15-7-16(11-26)9-17(8-15)12-26/h3-6,13,15-17H,7-12,14H2,1-2H3. The molecule has 4 bridgehead atoms. The number of hydrogen-bond donors (Lipinski definition) is 0. The highest BCUT2D eigenvalue weighted by Gasteiger charge is 2.51. The summed E-state index contributed by atoms with van der Waals surface area (Å²) >= 11 is 6.19. The summed E-state index contributed by atoms with van der Waals surface area (Å²) in [7, 11) is 3.20. The molecule has 1 aromatic carbocycles. The van der Waals surface area contributed by atoms with Gasteiger partial charge < -0.3 is 4.57 Å². The van der Waals surface area contributed by atoms with Gasteiger partial charge in [-0.15, -0.1) is 0 Å². The van der Waals surface area contributed by atoms with Gasteiger partial charge in [-0.25, -0.2) is 4.79 Å². The van der Waals surface area contributed by atoms with E-state index in [0.29, 0.717) is 16.2 Å². The molecule has 3 aromatic heterocycles. The second-order valence-corrected chi connectivity index (χ2v) is 11.6. The first kappa shape index (κ1) is 20.6. The average Bonchev–Trinajstić information content (AvgIpc) is 3.33. The van der Waals surface area contributed by atoms with Crippen molar-refractivity contribution in [3.63, 3.8) is 0 Å². The number of benzene rings is 1. The lowest BCUT2D eigenvalue weighted by molar-refractivity contribution is -0.0612. The number of imidazole rings is 2. The molecule has 4 aliphatic carbocycles. The molecular formula is C26H28ClN5O2. The van der Waals surface area contributed by atoms with Crippen molar-refractivity contribution in [2.75, 3.05) is 0 Å². The van der Waals surface area contributed by atoms with Gasteiger partial charge in [0.15, 0.2) is 11.2 Å². The second kappa shape index (κ2) is 6.87. The fourth-order valence-electron chi connectivity index (χ4n) is 7.84. The molecule has 4 aliphatic rings. The van der Waals surface area contributed by atoms with Crippen LogP contribution in [-0.2, 0) is 20.6 Å². The summed E-state index contributed by atoms with van der Waals surface area (Å²) in [4.78, 5) is 30.6. The summed E-state index contributed by atoms with van der Waals surface area (Å²) in [5, 5.41) is 0.696. The normalized spacial score (nSPS) is 27.9. The smallest absolute Gasteiger partial charge is 0.309 e. The third-order valence-corrected chi connectivity index (χ3v) is 9.11. The van der Waals surface area contributed by atoms with Gasteiger partial charge in [-0.2, -0.15) is 4.98 Å². The van der Waals surface area contributed by atoms with Crippen LogP contribution >= 0.6 is 11.6 Å². The Morgan fingerprint density at radius 2 is 1.59 bits per heavy atom. The van der Waals surface area contributed by atoms with Gasteiger partial charge in [-0.1, -0.05) is 23.7 Å². The minimum absolute atomic E-state index is 0.282. The number of hydrogen-bond acceptors (Lipinski definition) is 3. The van der Waals surface area contributed by atoms with Gasteiger partial charge in [-0.05, 0) is 79.4 Å². The Labute approximate surface area is 201 Å². The molecule has 34 heavy (non-hydrogen) atoms. The number of aromatic nitrogens is 5. The monoisotopic (exact) mass is 477 g/mol. The van der Waals surface area contributed by atoms with Gasteiger partial charge in [0.1, 0.15) is 0 Å². The van der Waals surface area contributed by atoms with E-state index >= 15 is 0 Å². The van der Waals surface area contributed by atoms with Crippen LogP contribution < -0.4 is 11.2 Å². The molecule has 4 saturated carbocycles. The molecule has 0 amide bonds. The van der Waals surface area contributed by atoms with E-state index in [2.05, 4.69) is 4.57 Å². The van der Waals surface area contributed by atoms with Crippen LogP contribution in [0.3, 0.4) is 0 Å². The second-order valence-electron chi connectivity index (χ2n) is 11.2. The summed E-state index contributed by atoms with van der Waals surface area (Å²) in [5.74, 6) is 3.28. The van der Waals surface area contributed by atoms with E-state index in [-0.39, 0.29) is 16.7 Å². The summed E-state index contributed by atoms with van der Waals surface area (Å²) in [6, 6.07) is 7.87. The number of nitrogens with zero attached hydrogens (tertiary/aromatic N) is 5. The highest BCUT2D eigenvalue weighted by atomic mass is 35.5. The van der Waals surface area contributed by atoms with E-state index in [4.69, 9.17) is 16.6 Å². The highest BCUT2D eigenvalue weighted by molar-refractivity contribution is 6.30. The zero-order chi connectivity index (χ0) is 23.4. The van der Waals surface area contributed by atoms with Crippen molar-refractivity contribution >= 4 is 28.5 Å². The van der Waals surface area contributed by atoms with Crippen LogP contribution in [0.2, 0.25) is 5.02 Å². The maximum atomic E-state index is 13.2. The third kappa shape index (κ3) is 2.79. The van der Waals surface area contributed by atoms with Crippen molar-refractivity contribution in [3.8, 4) is 11.3 Å². The molecule has 8 heteroatoms. The Bertz CT molecular complexity index is 1550. The Kier molecular flexibility index (Phi) is 4.16. The summed E-state index contributed by atoms with van der Waals surface area (Å²) in [6.45, 7) is 0.891. The molecule has 0 saturated heterocycles. The number of halogens is 1. The first-order valence-electron chi connectivity index (χ1n) is 12.3. The maximum absolute atomic E-state index is 13.2. The summed E-state index contributed by atoms with van der Waals surface area (Å²) < 4.78 is 6.83. The van der Waals surface area contributed by atoms with Crippen molar-refractivity contribution < 1.29 is 0 Å². The zero-order valence-corrected chi connectivity index (χ0v) is 20.3. The average molecular weight is 478 g/mol. The Balaban J connectivity index is 1.48. The zero-order valence-electron chi connectivity index (χ0n) is 19.5. The van der Waals surface area contributed by atoms with Gasteiger partial charge in [0.25, 0.3) is 5.56 Å². The number of rotatable bonds is 3. The molecule has 0 radical (unpaired) electrons. The van der Waals surface area contributed by atoms with Gasteiger partial charge in [0, 0.05) is 31.9 Å². The van der Waals surface area contributed by atoms with Crippen molar-refractivity contribution in [1.82, 2.24) is 23.1 Å². The molecule has 0 atom stereocenters. The maximum Gasteiger partial charge on any atom is 0.332 e.